The third-order valence-corrected chi connectivity index (χ3v) is 16.6. The topological polar surface area (TPSA) is 239 Å². The Labute approximate surface area is 331 Å². The van der Waals surface area contributed by atoms with Gasteiger partial charge in [-0.05, 0) is 99.7 Å². The van der Waals surface area contributed by atoms with Gasteiger partial charge in [-0.2, -0.15) is 0 Å². The number of hydrogen-bond donors (Lipinski definition) is 10. The molecular formula is C42H72O14. The van der Waals surface area contributed by atoms with E-state index in [1.807, 2.05) is 0 Å². The number of aliphatic hydroxyl groups is 10. The van der Waals surface area contributed by atoms with Crippen LogP contribution in [0.15, 0.2) is 11.6 Å². The van der Waals surface area contributed by atoms with Crippen molar-refractivity contribution in [1.82, 2.24) is 0 Å². The molecule has 2 aliphatic heterocycles. The molecule has 0 spiro atoms. The van der Waals surface area contributed by atoms with E-state index in [1.165, 1.54) is 5.57 Å². The second kappa shape index (κ2) is 15.9. The Bertz CT molecular complexity index is 1400. The quantitative estimate of drug-likeness (QED) is 0.132. The fraction of sp³-hybridized carbons (Fsp3) is 0.952. The van der Waals surface area contributed by atoms with Crippen LogP contribution in [0.3, 0.4) is 0 Å². The van der Waals surface area contributed by atoms with E-state index >= 15 is 0 Å². The Kier molecular flexibility index (Phi) is 12.7. The molecule has 0 radical (unpaired) electrons. The lowest BCUT2D eigenvalue weighted by Crippen LogP contribution is -2.65. The first-order valence-electron chi connectivity index (χ1n) is 21.0. The molecule has 2 saturated heterocycles. The summed E-state index contributed by atoms with van der Waals surface area (Å²) in [5.41, 5.74) is -0.951. The molecule has 56 heavy (non-hydrogen) atoms. The van der Waals surface area contributed by atoms with Crippen LogP contribution in [-0.2, 0) is 18.9 Å². The second-order valence-electron chi connectivity index (χ2n) is 20.2. The number of fused-ring (bicyclic) bond motifs is 5. The standard InChI is InChI=1S/C42H72O14/c1-20(21-15-16-40(6)26-12-10-22-23(11-13-27(45)38(22,2)3)42(26,8)28(46)17-41(21,40)7)9-14-29(39(4,5)52)55-37-35(33(50)31(48)25(19-44)54-37)56-36-34(51)32(49)30(47)24(18-43)53-36/h10,20-21,23-37,43-52H,9,11-19H2,1-8H3/t20-,21-,23?,24-,25-,26+,27+,28-,29-,30-,31-,32+,33+,34-,35-,36+,37+,40+,41-,42+/m1/s1. The molecule has 3 saturated carbocycles. The van der Waals surface area contributed by atoms with Crippen LogP contribution in [0.4, 0.5) is 0 Å². The van der Waals surface area contributed by atoms with Crippen molar-refractivity contribution in [2.24, 2.45) is 45.3 Å². The van der Waals surface area contributed by atoms with Crippen molar-refractivity contribution in [3.63, 3.8) is 0 Å². The van der Waals surface area contributed by atoms with Crippen molar-refractivity contribution in [2.75, 3.05) is 13.2 Å². The smallest absolute Gasteiger partial charge is 0.187 e. The molecule has 6 aliphatic rings. The summed E-state index contributed by atoms with van der Waals surface area (Å²) < 4.78 is 23.7. The van der Waals surface area contributed by atoms with Gasteiger partial charge in [0.15, 0.2) is 12.6 Å². The molecule has 20 atom stereocenters. The zero-order chi connectivity index (χ0) is 41.5. The predicted octanol–water partition coefficient (Wildman–Crippen LogP) is 1.12. The molecule has 0 amide bonds. The lowest BCUT2D eigenvalue weighted by molar-refractivity contribution is -0.375. The summed E-state index contributed by atoms with van der Waals surface area (Å²) in [6.45, 7) is 15.4. The average molecular weight is 801 g/mol. The molecular weight excluding hydrogens is 728 g/mol. The molecule has 14 nitrogen and oxygen atoms in total. The van der Waals surface area contributed by atoms with Gasteiger partial charge in [0.2, 0.25) is 0 Å². The van der Waals surface area contributed by atoms with Crippen LogP contribution in [-0.4, -0.2) is 150 Å². The van der Waals surface area contributed by atoms with Gasteiger partial charge in [-0.25, -0.2) is 0 Å². The van der Waals surface area contributed by atoms with Crippen LogP contribution in [0.2, 0.25) is 0 Å². The molecule has 0 aromatic heterocycles. The Morgan fingerprint density at radius 3 is 1.98 bits per heavy atom. The molecule has 14 heteroatoms. The normalized spacial score (nSPS) is 50.3. The lowest BCUT2D eigenvalue weighted by Gasteiger charge is -2.67. The van der Waals surface area contributed by atoms with Crippen LogP contribution in [0.25, 0.3) is 0 Å². The Balaban J connectivity index is 1.19. The maximum Gasteiger partial charge on any atom is 0.187 e. The van der Waals surface area contributed by atoms with Gasteiger partial charge in [-0.1, -0.05) is 53.2 Å². The van der Waals surface area contributed by atoms with Crippen LogP contribution >= 0.6 is 0 Å². The minimum atomic E-state index is -1.80. The fourth-order valence-electron chi connectivity index (χ4n) is 12.7. The molecule has 324 valence electrons. The zero-order valence-corrected chi connectivity index (χ0v) is 34.6. The highest BCUT2D eigenvalue weighted by Crippen LogP contribution is 2.75. The Morgan fingerprint density at radius 1 is 0.768 bits per heavy atom. The van der Waals surface area contributed by atoms with Crippen molar-refractivity contribution >= 4 is 0 Å². The third-order valence-electron chi connectivity index (χ3n) is 16.6. The summed E-state index contributed by atoms with van der Waals surface area (Å²) in [6, 6.07) is 0. The second-order valence-corrected chi connectivity index (χ2v) is 20.2. The maximum absolute atomic E-state index is 12.3. The molecule has 5 fully saturated rings. The minimum Gasteiger partial charge on any atom is -0.394 e. The van der Waals surface area contributed by atoms with E-state index in [2.05, 4.69) is 47.6 Å². The molecule has 0 aromatic rings. The van der Waals surface area contributed by atoms with Gasteiger partial charge in [0, 0.05) is 10.8 Å². The highest BCUT2D eigenvalue weighted by Gasteiger charge is 2.70. The first-order chi connectivity index (χ1) is 26.0. The molecule has 4 aliphatic carbocycles. The predicted molar refractivity (Wildman–Crippen MR) is 202 cm³/mol. The highest BCUT2D eigenvalue weighted by atomic mass is 16.8. The van der Waals surface area contributed by atoms with Gasteiger partial charge in [0.1, 0.15) is 48.8 Å². The molecule has 1 unspecified atom stereocenters. The highest BCUT2D eigenvalue weighted by molar-refractivity contribution is 5.31. The first kappa shape index (κ1) is 44.7. The number of hydrogen-bond acceptors (Lipinski definition) is 14. The number of ether oxygens (including phenoxy) is 4. The molecule has 6 rings (SSSR count). The van der Waals surface area contributed by atoms with Gasteiger partial charge in [0.05, 0.1) is 37.1 Å². The van der Waals surface area contributed by atoms with E-state index in [-0.39, 0.29) is 45.3 Å². The van der Waals surface area contributed by atoms with Crippen molar-refractivity contribution in [3.05, 3.63) is 11.6 Å². The summed E-state index contributed by atoms with van der Waals surface area (Å²) in [6.07, 6.45) is -9.06. The summed E-state index contributed by atoms with van der Waals surface area (Å²) >= 11 is 0. The number of rotatable bonds is 11. The maximum atomic E-state index is 12.3. The van der Waals surface area contributed by atoms with E-state index in [1.54, 1.807) is 13.8 Å². The fourth-order valence-corrected chi connectivity index (χ4v) is 12.7. The zero-order valence-electron chi connectivity index (χ0n) is 34.6. The summed E-state index contributed by atoms with van der Waals surface area (Å²) in [4.78, 5) is 0. The van der Waals surface area contributed by atoms with Crippen LogP contribution in [0, 0.1) is 45.3 Å². The van der Waals surface area contributed by atoms with E-state index in [0.717, 1.165) is 32.1 Å². The molecule has 10 N–H and O–H groups in total. The largest absolute Gasteiger partial charge is 0.394 e. The van der Waals surface area contributed by atoms with E-state index in [0.29, 0.717) is 19.3 Å². The van der Waals surface area contributed by atoms with Gasteiger partial charge in [0.25, 0.3) is 0 Å². The Hall–Kier alpha value is -0.820. The van der Waals surface area contributed by atoms with Gasteiger partial charge >= 0.3 is 0 Å². The SMILES string of the molecule is C[C@H](CC[C@@H](O[C@@H]1O[C@H](CO)[C@@H](O)[C@H](O)[C@H]1O[C@@H]1O[C@H](CO)[C@@H](O)[C@H](O)[C@H]1O)C(C)(C)O)[C@H]1CC[C@@]2(C)[C@@H]3CC=C4C(CC[C@H](O)C4(C)C)[C@]3(C)[C@H](O)C[C@]12C. The van der Waals surface area contributed by atoms with E-state index in [9.17, 15) is 51.1 Å². The van der Waals surface area contributed by atoms with Gasteiger partial charge in [-0.15, -0.1) is 0 Å². The monoisotopic (exact) mass is 800 g/mol. The van der Waals surface area contributed by atoms with Crippen molar-refractivity contribution in [3.8, 4) is 0 Å². The molecule has 0 bridgehead atoms. The first-order valence-corrected chi connectivity index (χ1v) is 21.0. The third kappa shape index (κ3) is 7.16. The lowest BCUT2D eigenvalue weighted by atomic mass is 9.38. The van der Waals surface area contributed by atoms with Crippen LogP contribution < -0.4 is 0 Å². The van der Waals surface area contributed by atoms with Crippen molar-refractivity contribution < 1.29 is 70.0 Å². The van der Waals surface area contributed by atoms with Gasteiger partial charge in [-0.3, -0.25) is 0 Å². The van der Waals surface area contributed by atoms with E-state index in [4.69, 9.17) is 18.9 Å². The number of allylic oxidation sites excluding steroid dienone is 1. The molecule has 0 aromatic carbocycles. The minimum absolute atomic E-state index is 0.0323. The van der Waals surface area contributed by atoms with Gasteiger partial charge < -0.3 is 70.0 Å². The van der Waals surface area contributed by atoms with Crippen LogP contribution in [0.1, 0.15) is 107 Å². The molecule has 2 heterocycles. The van der Waals surface area contributed by atoms with E-state index < -0.39 is 98.5 Å². The average Bonchev–Trinajstić information content (AvgIpc) is 3.40. The summed E-state index contributed by atoms with van der Waals surface area (Å²) in [5.74, 6) is 0.931. The number of aliphatic hydroxyl groups excluding tert-OH is 9. The van der Waals surface area contributed by atoms with Crippen LogP contribution in [0.5, 0.6) is 0 Å². The Morgan fingerprint density at radius 2 is 1.38 bits per heavy atom. The summed E-state index contributed by atoms with van der Waals surface area (Å²) in [5, 5.41) is 108. The summed E-state index contributed by atoms with van der Waals surface area (Å²) in [7, 11) is 0. The van der Waals surface area contributed by atoms with Crippen molar-refractivity contribution in [1.29, 1.82) is 0 Å². The van der Waals surface area contributed by atoms with Crippen molar-refractivity contribution in [2.45, 2.75) is 192 Å².